The Morgan fingerprint density at radius 1 is 0.714 bits per heavy atom. The minimum absolute atomic E-state index is 0.189. The van der Waals surface area contributed by atoms with Crippen molar-refractivity contribution in [3.63, 3.8) is 0 Å². The third-order valence-electron chi connectivity index (χ3n) is 4.39. The summed E-state index contributed by atoms with van der Waals surface area (Å²) in [6, 6.07) is 18.3. The number of benzene rings is 3. The first-order chi connectivity index (χ1) is 9.86. The van der Waals surface area contributed by atoms with Gasteiger partial charge >= 0.3 is 0 Å². The van der Waals surface area contributed by atoms with Crippen molar-refractivity contribution >= 4 is 21.5 Å². The van der Waals surface area contributed by atoms with Crippen molar-refractivity contribution in [3.8, 4) is 0 Å². The Kier molecular flexibility index (Phi) is 3.28. The van der Waals surface area contributed by atoms with Gasteiger partial charge in [0.25, 0.3) is 0 Å². The van der Waals surface area contributed by atoms with Crippen molar-refractivity contribution in [1.29, 1.82) is 0 Å². The van der Waals surface area contributed by atoms with Crippen LogP contribution in [0, 0.1) is 0 Å². The smallest absolute Gasteiger partial charge is 0.0102 e. The number of fused-ring (bicyclic) bond motifs is 3. The molecule has 0 aliphatic rings. The average molecular weight is 276 g/mol. The first-order valence-electron chi connectivity index (χ1n) is 7.83. The molecule has 0 fully saturated rings. The van der Waals surface area contributed by atoms with E-state index in [9.17, 15) is 0 Å². The van der Waals surface area contributed by atoms with Crippen molar-refractivity contribution in [2.24, 2.45) is 0 Å². The summed E-state index contributed by atoms with van der Waals surface area (Å²) in [5, 5.41) is 5.41. The minimum atomic E-state index is 0.189. The summed E-state index contributed by atoms with van der Waals surface area (Å²) in [6.07, 6.45) is 0. The topological polar surface area (TPSA) is 0 Å². The SMILES string of the molecule is CC(C)c1ccc2c(ccc3ccc(C(C)(C)C)cc32)c1. The van der Waals surface area contributed by atoms with Crippen LogP contribution in [0.2, 0.25) is 0 Å². The minimum Gasteiger partial charge on any atom is -0.0587 e. The highest BCUT2D eigenvalue weighted by molar-refractivity contribution is 6.07. The van der Waals surface area contributed by atoms with E-state index in [2.05, 4.69) is 83.1 Å². The predicted molar refractivity (Wildman–Crippen MR) is 94.2 cm³/mol. The molecule has 0 saturated carbocycles. The molecule has 3 aromatic carbocycles. The van der Waals surface area contributed by atoms with E-state index in [0.717, 1.165) is 0 Å². The molecule has 0 spiro atoms. The standard InChI is InChI=1S/C21H24/c1-14(2)16-9-11-19-17(12-16)7-6-15-8-10-18(13-20(15)19)21(3,4)5/h6-14H,1-5H3. The monoisotopic (exact) mass is 276 g/mol. The van der Waals surface area contributed by atoms with Gasteiger partial charge in [-0.1, -0.05) is 83.1 Å². The Labute approximate surface area is 127 Å². The molecule has 3 rings (SSSR count). The van der Waals surface area contributed by atoms with Gasteiger partial charge in [-0.25, -0.2) is 0 Å². The van der Waals surface area contributed by atoms with Crippen molar-refractivity contribution in [2.75, 3.05) is 0 Å². The van der Waals surface area contributed by atoms with Crippen molar-refractivity contribution < 1.29 is 0 Å². The zero-order chi connectivity index (χ0) is 15.2. The number of hydrogen-bond donors (Lipinski definition) is 0. The fourth-order valence-electron chi connectivity index (χ4n) is 2.90. The van der Waals surface area contributed by atoms with E-state index in [4.69, 9.17) is 0 Å². The van der Waals surface area contributed by atoms with Crippen LogP contribution in [0.3, 0.4) is 0 Å². The molecule has 0 saturated heterocycles. The fraction of sp³-hybridized carbons (Fsp3) is 0.333. The maximum atomic E-state index is 2.37. The van der Waals surface area contributed by atoms with Crippen LogP contribution in [0.5, 0.6) is 0 Å². The third kappa shape index (κ3) is 2.55. The molecule has 21 heavy (non-hydrogen) atoms. The van der Waals surface area contributed by atoms with E-state index in [1.165, 1.54) is 32.7 Å². The van der Waals surface area contributed by atoms with Gasteiger partial charge in [-0.3, -0.25) is 0 Å². The number of hydrogen-bond acceptors (Lipinski definition) is 0. The maximum Gasteiger partial charge on any atom is -0.0102 e. The molecule has 0 nitrogen and oxygen atoms in total. The third-order valence-corrected chi connectivity index (χ3v) is 4.39. The van der Waals surface area contributed by atoms with Crippen molar-refractivity contribution in [2.45, 2.75) is 46.0 Å². The van der Waals surface area contributed by atoms with E-state index >= 15 is 0 Å². The van der Waals surface area contributed by atoms with Gasteiger partial charge in [0.15, 0.2) is 0 Å². The second-order valence-corrected chi connectivity index (χ2v) is 7.39. The van der Waals surface area contributed by atoms with Gasteiger partial charge in [0.05, 0.1) is 0 Å². The molecule has 0 aliphatic heterocycles. The van der Waals surface area contributed by atoms with Crippen LogP contribution in [0.1, 0.15) is 51.7 Å². The summed E-state index contributed by atoms with van der Waals surface area (Å²) >= 11 is 0. The normalized spacial score (nSPS) is 12.5. The molecule has 0 bridgehead atoms. The second-order valence-electron chi connectivity index (χ2n) is 7.39. The maximum absolute atomic E-state index is 2.37. The van der Waals surface area contributed by atoms with Crippen LogP contribution in [0.15, 0.2) is 48.5 Å². The van der Waals surface area contributed by atoms with Gasteiger partial charge in [0, 0.05) is 0 Å². The molecule has 0 amide bonds. The summed E-state index contributed by atoms with van der Waals surface area (Å²) in [4.78, 5) is 0. The quantitative estimate of drug-likeness (QED) is 0.450. The van der Waals surface area contributed by atoms with Crippen molar-refractivity contribution in [3.05, 3.63) is 59.7 Å². The molecule has 0 aromatic heterocycles. The number of rotatable bonds is 1. The Bertz CT molecular complexity index is 801. The molecule has 0 aliphatic carbocycles. The molecule has 0 unspecified atom stereocenters. The average Bonchev–Trinajstić information content (AvgIpc) is 2.44. The lowest BCUT2D eigenvalue weighted by molar-refractivity contribution is 0.591. The molecule has 0 heterocycles. The van der Waals surface area contributed by atoms with Crippen molar-refractivity contribution in [1.82, 2.24) is 0 Å². The molecule has 0 heteroatoms. The molecule has 0 atom stereocenters. The second kappa shape index (κ2) is 4.87. The molecule has 0 radical (unpaired) electrons. The van der Waals surface area contributed by atoms with Gasteiger partial charge in [0.2, 0.25) is 0 Å². The Morgan fingerprint density at radius 2 is 1.38 bits per heavy atom. The van der Waals surface area contributed by atoms with E-state index in [0.29, 0.717) is 5.92 Å². The fourth-order valence-corrected chi connectivity index (χ4v) is 2.90. The van der Waals surface area contributed by atoms with Gasteiger partial charge in [-0.15, -0.1) is 0 Å². The molecule has 3 aromatic rings. The van der Waals surface area contributed by atoms with Gasteiger partial charge < -0.3 is 0 Å². The molecular formula is C21H24. The van der Waals surface area contributed by atoms with Crippen LogP contribution >= 0.6 is 0 Å². The van der Waals surface area contributed by atoms with E-state index < -0.39 is 0 Å². The van der Waals surface area contributed by atoms with Crippen LogP contribution in [-0.2, 0) is 5.41 Å². The molecule has 0 N–H and O–H groups in total. The summed E-state index contributed by atoms with van der Waals surface area (Å²) in [5.74, 6) is 0.575. The van der Waals surface area contributed by atoms with Gasteiger partial charge in [-0.2, -0.15) is 0 Å². The molecular weight excluding hydrogens is 252 g/mol. The zero-order valence-corrected chi connectivity index (χ0v) is 13.7. The summed E-state index contributed by atoms with van der Waals surface area (Å²) < 4.78 is 0. The highest BCUT2D eigenvalue weighted by Gasteiger charge is 2.14. The first-order valence-corrected chi connectivity index (χ1v) is 7.83. The van der Waals surface area contributed by atoms with Gasteiger partial charge in [0.1, 0.15) is 0 Å². The molecule has 108 valence electrons. The Morgan fingerprint density at radius 3 is 2.05 bits per heavy atom. The Balaban J connectivity index is 2.31. The zero-order valence-electron chi connectivity index (χ0n) is 13.7. The lowest BCUT2D eigenvalue weighted by atomic mass is 9.85. The summed E-state index contributed by atoms with van der Waals surface area (Å²) in [7, 11) is 0. The van der Waals surface area contributed by atoms with E-state index in [1.54, 1.807) is 0 Å². The summed E-state index contributed by atoms with van der Waals surface area (Å²) in [5.41, 5.74) is 3.00. The predicted octanol–water partition coefficient (Wildman–Crippen LogP) is 6.41. The highest BCUT2D eigenvalue weighted by Crippen LogP contribution is 2.32. The Hall–Kier alpha value is -1.82. The van der Waals surface area contributed by atoms with E-state index in [-0.39, 0.29) is 5.41 Å². The van der Waals surface area contributed by atoms with Crippen LogP contribution < -0.4 is 0 Å². The van der Waals surface area contributed by atoms with Gasteiger partial charge in [-0.05, 0) is 44.0 Å². The van der Waals surface area contributed by atoms with E-state index in [1.807, 2.05) is 0 Å². The lowest BCUT2D eigenvalue weighted by Gasteiger charge is -2.20. The van der Waals surface area contributed by atoms with Crippen LogP contribution in [0.4, 0.5) is 0 Å². The van der Waals surface area contributed by atoms with Crippen LogP contribution in [0.25, 0.3) is 21.5 Å². The first kappa shape index (κ1) is 14.1. The van der Waals surface area contributed by atoms with Crippen LogP contribution in [-0.4, -0.2) is 0 Å². The largest absolute Gasteiger partial charge is 0.0587 e. The summed E-state index contributed by atoms with van der Waals surface area (Å²) in [6.45, 7) is 11.3. The highest BCUT2D eigenvalue weighted by atomic mass is 14.2. The lowest BCUT2D eigenvalue weighted by Crippen LogP contribution is -2.10.